The van der Waals surface area contributed by atoms with E-state index in [9.17, 15) is 19.2 Å². The first kappa shape index (κ1) is 28.8. The Morgan fingerprint density at radius 2 is 1.14 bits per heavy atom. The van der Waals surface area contributed by atoms with Crippen LogP contribution >= 0.6 is 0 Å². The number of hydrogen-bond acceptors (Lipinski definition) is 8. The Hall–Kier alpha value is -2.39. The van der Waals surface area contributed by atoms with Gasteiger partial charge in [0.05, 0.1) is 26.3 Å². The molecular weight excluding hydrogens is 406 g/mol. The molecule has 0 saturated heterocycles. The maximum absolute atomic E-state index is 11.8. The van der Waals surface area contributed by atoms with Gasteiger partial charge in [-0.3, -0.25) is 0 Å². The van der Waals surface area contributed by atoms with Crippen molar-refractivity contribution in [2.45, 2.75) is 46.0 Å². The summed E-state index contributed by atoms with van der Waals surface area (Å²) < 4.78 is 19.9. The molecule has 0 fully saturated rings. The van der Waals surface area contributed by atoms with Crippen molar-refractivity contribution in [1.82, 2.24) is 0 Å². The molecule has 0 bridgehead atoms. The first-order valence-electron chi connectivity index (χ1n) is 8.93. The molecule has 1 atom stereocenters. The van der Waals surface area contributed by atoms with Gasteiger partial charge in [-0.05, 0) is 27.7 Å². The van der Waals surface area contributed by atoms with Crippen molar-refractivity contribution in [3.8, 4) is 0 Å². The van der Waals surface area contributed by atoms with E-state index in [4.69, 9.17) is 18.9 Å². The second-order valence-electron chi connectivity index (χ2n) is 6.74. The predicted octanol–water partition coefficient (Wildman–Crippen LogP) is -3.15. The van der Waals surface area contributed by atoms with Crippen molar-refractivity contribution in [3.63, 3.8) is 0 Å². The number of halogens is 1. The molecule has 0 aliphatic heterocycles. The summed E-state index contributed by atoms with van der Waals surface area (Å²) in [6, 6.07) is 0. The van der Waals surface area contributed by atoms with Crippen LogP contribution in [0, 0.1) is 0 Å². The van der Waals surface area contributed by atoms with E-state index in [0.29, 0.717) is 6.54 Å². The van der Waals surface area contributed by atoms with E-state index in [1.54, 1.807) is 27.7 Å². The molecule has 0 aromatic carbocycles. The number of carbonyl (C=O) groups is 4. The van der Waals surface area contributed by atoms with E-state index in [0.717, 1.165) is 29.2 Å². The van der Waals surface area contributed by atoms with E-state index < -0.39 is 30.0 Å². The molecule has 0 saturated carbocycles. The number of rotatable bonds is 11. The Balaban J connectivity index is -0.00000364. The minimum Gasteiger partial charge on any atom is -1.00 e. The molecule has 0 spiro atoms. The molecule has 1 N–H and O–H groups in total. The number of nitrogens with one attached hydrogen (secondary N) is 1. The highest BCUT2D eigenvalue weighted by atomic mass is 35.5. The van der Waals surface area contributed by atoms with Crippen LogP contribution in [-0.2, 0) is 38.1 Å². The standard InChI is InChI=1S/C19H29NO8.ClH.H2/c1-13(2)26-17(22)8-7-16(21)25-12-15(11-20(5)6)28-19(24)10-9-18(23)27-14(3)4;;/h7-10,13-15H,11-12H2,1-6H3;2*1H/b8-7+,10-9+;;. The lowest BCUT2D eigenvalue weighted by Gasteiger charge is -2.18. The normalized spacial score (nSPS) is 12.2. The average molecular weight is 438 g/mol. The van der Waals surface area contributed by atoms with Crippen LogP contribution in [0.5, 0.6) is 0 Å². The summed E-state index contributed by atoms with van der Waals surface area (Å²) >= 11 is 0. The fourth-order valence-electron chi connectivity index (χ4n) is 1.83. The van der Waals surface area contributed by atoms with Crippen molar-refractivity contribution in [3.05, 3.63) is 24.3 Å². The fourth-order valence-corrected chi connectivity index (χ4v) is 1.83. The van der Waals surface area contributed by atoms with Gasteiger partial charge in [0.1, 0.15) is 13.2 Å². The van der Waals surface area contributed by atoms with Gasteiger partial charge < -0.3 is 36.3 Å². The van der Waals surface area contributed by atoms with Gasteiger partial charge in [-0.25, -0.2) is 19.2 Å². The average Bonchev–Trinajstić information content (AvgIpc) is 2.54. The SMILES string of the molecule is CC(C)OC(=O)/C=C/C(=O)OCC(C[NH+](C)C)OC(=O)/C=C/C(=O)OC(C)C.[Cl-].[HH]. The lowest BCUT2D eigenvalue weighted by atomic mass is 10.3. The van der Waals surface area contributed by atoms with Crippen LogP contribution in [0.2, 0.25) is 0 Å². The zero-order chi connectivity index (χ0) is 21.7. The first-order chi connectivity index (χ1) is 13.0. The summed E-state index contributed by atoms with van der Waals surface area (Å²) in [5, 5.41) is 0. The molecule has 0 rings (SSSR count). The Morgan fingerprint density at radius 1 is 0.759 bits per heavy atom. The van der Waals surface area contributed by atoms with Gasteiger partial charge in [-0.1, -0.05) is 0 Å². The molecule has 168 valence electrons. The van der Waals surface area contributed by atoms with Gasteiger partial charge >= 0.3 is 23.9 Å². The number of ether oxygens (including phenoxy) is 4. The highest BCUT2D eigenvalue weighted by Crippen LogP contribution is 1.97. The summed E-state index contributed by atoms with van der Waals surface area (Å²) in [7, 11) is 3.67. The summed E-state index contributed by atoms with van der Waals surface area (Å²) in [5.74, 6) is -2.86. The van der Waals surface area contributed by atoms with Gasteiger partial charge in [-0.15, -0.1) is 0 Å². The number of quaternary nitrogens is 1. The van der Waals surface area contributed by atoms with Crippen LogP contribution in [0.15, 0.2) is 24.3 Å². The summed E-state index contributed by atoms with van der Waals surface area (Å²) in [6.45, 7) is 6.90. The van der Waals surface area contributed by atoms with Gasteiger partial charge in [0, 0.05) is 25.7 Å². The van der Waals surface area contributed by atoms with E-state index in [1.807, 2.05) is 14.1 Å². The molecule has 0 aliphatic rings. The quantitative estimate of drug-likeness (QED) is 0.205. The van der Waals surface area contributed by atoms with Crippen molar-refractivity contribution in [2.24, 2.45) is 0 Å². The largest absolute Gasteiger partial charge is 1.00 e. The van der Waals surface area contributed by atoms with Crippen molar-refractivity contribution < 1.29 is 56.9 Å². The maximum Gasteiger partial charge on any atom is 0.331 e. The Bertz CT molecular complexity index is 605. The third kappa shape index (κ3) is 17.4. The van der Waals surface area contributed by atoms with Gasteiger partial charge in [0.2, 0.25) is 0 Å². The zero-order valence-electron chi connectivity index (χ0n) is 17.6. The Labute approximate surface area is 178 Å². The smallest absolute Gasteiger partial charge is 0.331 e. The second-order valence-corrected chi connectivity index (χ2v) is 6.74. The van der Waals surface area contributed by atoms with E-state index in [-0.39, 0.29) is 32.6 Å². The molecule has 0 radical (unpaired) electrons. The van der Waals surface area contributed by atoms with Crippen molar-refractivity contribution in [2.75, 3.05) is 27.2 Å². The molecule has 10 heteroatoms. The number of carbonyl (C=O) groups excluding carboxylic acids is 4. The third-order valence-corrected chi connectivity index (χ3v) is 2.74. The van der Waals surface area contributed by atoms with Crippen LogP contribution in [0.1, 0.15) is 29.1 Å². The number of hydrogen-bond donors (Lipinski definition) is 1. The molecule has 0 heterocycles. The van der Waals surface area contributed by atoms with Crippen LogP contribution in [0.25, 0.3) is 0 Å². The predicted molar refractivity (Wildman–Crippen MR) is 101 cm³/mol. The lowest BCUT2D eigenvalue weighted by molar-refractivity contribution is -0.861. The second kappa shape index (κ2) is 15.5. The van der Waals surface area contributed by atoms with E-state index in [2.05, 4.69) is 0 Å². The van der Waals surface area contributed by atoms with E-state index in [1.165, 1.54) is 0 Å². The fraction of sp³-hybridized carbons (Fsp3) is 0.579. The van der Waals surface area contributed by atoms with E-state index >= 15 is 0 Å². The van der Waals surface area contributed by atoms with Crippen molar-refractivity contribution >= 4 is 23.9 Å². The third-order valence-electron chi connectivity index (χ3n) is 2.74. The van der Waals surface area contributed by atoms with Gasteiger partial charge in [0.25, 0.3) is 0 Å². The summed E-state index contributed by atoms with van der Waals surface area (Å²) in [5.41, 5.74) is 0. The lowest BCUT2D eigenvalue weighted by Crippen LogP contribution is -3.07. The molecule has 1 unspecified atom stereocenters. The summed E-state index contributed by atoms with van der Waals surface area (Å²) in [4.78, 5) is 47.2. The van der Waals surface area contributed by atoms with Crippen LogP contribution in [0.3, 0.4) is 0 Å². The minimum atomic E-state index is -0.772. The van der Waals surface area contributed by atoms with Crippen LogP contribution < -0.4 is 17.3 Å². The maximum atomic E-state index is 11.8. The first-order valence-corrected chi connectivity index (χ1v) is 8.93. The minimum absolute atomic E-state index is 0. The van der Waals surface area contributed by atoms with Gasteiger partial charge in [-0.2, -0.15) is 0 Å². The monoisotopic (exact) mass is 437 g/mol. The number of likely N-dealkylation sites (N-methyl/N-ethyl adjacent to an activating group) is 1. The highest BCUT2D eigenvalue weighted by Gasteiger charge is 2.19. The van der Waals surface area contributed by atoms with Crippen LogP contribution in [-0.4, -0.2) is 69.4 Å². The topological polar surface area (TPSA) is 110 Å². The molecule has 0 aromatic rings. The van der Waals surface area contributed by atoms with Crippen LogP contribution in [0.4, 0.5) is 0 Å². The molecule has 29 heavy (non-hydrogen) atoms. The molecule has 9 nitrogen and oxygen atoms in total. The molecule has 0 aromatic heterocycles. The zero-order valence-corrected chi connectivity index (χ0v) is 18.4. The molecular formula is C19H32ClNO8. The molecule has 0 amide bonds. The van der Waals surface area contributed by atoms with Gasteiger partial charge in [0.15, 0.2) is 6.10 Å². The molecule has 0 aliphatic carbocycles. The summed E-state index contributed by atoms with van der Waals surface area (Å²) in [6.07, 6.45) is 2.48. The number of esters is 4. The Morgan fingerprint density at radius 3 is 1.52 bits per heavy atom. The van der Waals surface area contributed by atoms with Crippen molar-refractivity contribution in [1.29, 1.82) is 0 Å². The Kier molecular flexibility index (Phi) is 15.4. The highest BCUT2D eigenvalue weighted by molar-refractivity contribution is 5.92.